The summed E-state index contributed by atoms with van der Waals surface area (Å²) in [4.78, 5) is 22.7. The second-order valence-electron chi connectivity index (χ2n) is 8.95. The van der Waals surface area contributed by atoms with E-state index < -0.39 is 23.3 Å². The summed E-state index contributed by atoms with van der Waals surface area (Å²) >= 11 is 0. The summed E-state index contributed by atoms with van der Waals surface area (Å²) in [6, 6.07) is 7.27. The first kappa shape index (κ1) is 27.1. The van der Waals surface area contributed by atoms with Crippen LogP contribution in [0.2, 0.25) is 0 Å². The fraction of sp³-hybridized carbons (Fsp3) is 0.462. The lowest BCUT2D eigenvalue weighted by atomic mass is 9.80. The van der Waals surface area contributed by atoms with Gasteiger partial charge in [0.1, 0.15) is 11.5 Å². The van der Waals surface area contributed by atoms with Crippen LogP contribution in [0.25, 0.3) is 0 Å². The number of Topliss-reactive ketones (excluding diaryl/α,β-unsaturated/α-hetero) is 1. The van der Waals surface area contributed by atoms with Gasteiger partial charge in [0, 0.05) is 17.4 Å². The number of hydrogen-bond donors (Lipinski definition) is 3. The topological polar surface area (TPSA) is 113 Å². The molecular weight excluding hydrogens is 443 g/mol. The highest BCUT2D eigenvalue weighted by molar-refractivity contribution is 5.97. The van der Waals surface area contributed by atoms with E-state index in [1.807, 2.05) is 6.92 Å². The van der Waals surface area contributed by atoms with Crippen molar-refractivity contribution >= 4 is 11.8 Å². The summed E-state index contributed by atoms with van der Waals surface area (Å²) in [5, 5.41) is 29.9. The van der Waals surface area contributed by atoms with Crippen LogP contribution in [0.3, 0.4) is 0 Å². The SMILES string of the molecule is CCCc1c(OCCCOc2ccc(C(O)C(C)(C)CC(=O)O)cc2F)ccc(C(C)=O)c1O. The van der Waals surface area contributed by atoms with Crippen LogP contribution in [0, 0.1) is 11.2 Å². The molecule has 2 aromatic carbocycles. The maximum absolute atomic E-state index is 14.5. The highest BCUT2D eigenvalue weighted by Gasteiger charge is 2.32. The minimum atomic E-state index is -1.15. The maximum atomic E-state index is 14.5. The van der Waals surface area contributed by atoms with Crippen LogP contribution >= 0.6 is 0 Å². The molecule has 7 nitrogen and oxygen atoms in total. The zero-order chi connectivity index (χ0) is 25.5. The number of rotatable bonds is 13. The molecule has 0 aliphatic heterocycles. The Morgan fingerprint density at radius 1 is 1.09 bits per heavy atom. The summed E-state index contributed by atoms with van der Waals surface area (Å²) in [6.07, 6.45) is 0.361. The summed E-state index contributed by atoms with van der Waals surface area (Å²) in [7, 11) is 0. The number of aliphatic hydroxyl groups excluding tert-OH is 1. The molecule has 0 aliphatic rings. The molecule has 0 saturated heterocycles. The summed E-state index contributed by atoms with van der Waals surface area (Å²) in [5.74, 6) is -1.46. The van der Waals surface area contributed by atoms with Gasteiger partial charge < -0.3 is 24.8 Å². The van der Waals surface area contributed by atoms with Crippen molar-refractivity contribution in [2.24, 2.45) is 5.41 Å². The molecule has 0 aromatic heterocycles. The second kappa shape index (κ2) is 11.8. The molecule has 3 N–H and O–H groups in total. The van der Waals surface area contributed by atoms with Crippen molar-refractivity contribution in [1.82, 2.24) is 0 Å². The Labute approximate surface area is 199 Å². The molecule has 0 saturated carbocycles. The number of carboxylic acid groups (broad SMARTS) is 1. The summed E-state index contributed by atoms with van der Waals surface area (Å²) < 4.78 is 25.7. The van der Waals surface area contributed by atoms with Gasteiger partial charge in [-0.3, -0.25) is 9.59 Å². The van der Waals surface area contributed by atoms with Gasteiger partial charge >= 0.3 is 5.97 Å². The number of aliphatic hydroxyl groups is 1. The standard InChI is InChI=1S/C26H33FO7/c1-5-7-19-21(11-9-18(16(2)28)24(19)31)33-12-6-13-34-22-10-8-17(14-20(22)27)25(32)26(3,4)15-23(29)30/h8-11,14,25,31-32H,5-7,12-13,15H2,1-4H3,(H,29,30). The number of ketones is 1. The normalized spacial score (nSPS) is 12.3. The Kier molecular flexibility index (Phi) is 9.44. The van der Waals surface area contributed by atoms with Crippen LogP contribution in [0.5, 0.6) is 17.2 Å². The monoisotopic (exact) mass is 476 g/mol. The minimum absolute atomic E-state index is 0.0159. The fourth-order valence-electron chi connectivity index (χ4n) is 3.69. The molecule has 0 fully saturated rings. The van der Waals surface area contributed by atoms with Gasteiger partial charge in [-0.25, -0.2) is 4.39 Å². The number of halogens is 1. The summed E-state index contributed by atoms with van der Waals surface area (Å²) in [6.45, 7) is 7.00. The number of ether oxygens (including phenoxy) is 2. The smallest absolute Gasteiger partial charge is 0.303 e. The van der Waals surface area contributed by atoms with Gasteiger partial charge in [-0.1, -0.05) is 33.3 Å². The number of phenols is 1. The second-order valence-corrected chi connectivity index (χ2v) is 8.95. The fourth-order valence-corrected chi connectivity index (χ4v) is 3.69. The molecular formula is C26H33FO7. The Morgan fingerprint density at radius 3 is 2.26 bits per heavy atom. The van der Waals surface area contributed by atoms with Crippen LogP contribution in [-0.4, -0.2) is 40.3 Å². The van der Waals surface area contributed by atoms with Crippen LogP contribution < -0.4 is 9.47 Å². The van der Waals surface area contributed by atoms with E-state index >= 15 is 0 Å². The van der Waals surface area contributed by atoms with E-state index in [0.717, 1.165) is 12.5 Å². The summed E-state index contributed by atoms with van der Waals surface area (Å²) in [5.41, 5.74) is 0.152. The first-order valence-corrected chi connectivity index (χ1v) is 11.3. The predicted molar refractivity (Wildman–Crippen MR) is 125 cm³/mol. The molecule has 186 valence electrons. The van der Waals surface area contributed by atoms with Crippen molar-refractivity contribution in [3.8, 4) is 17.2 Å². The van der Waals surface area contributed by atoms with Gasteiger partial charge in [0.05, 0.1) is 31.3 Å². The minimum Gasteiger partial charge on any atom is -0.507 e. The number of aliphatic carboxylic acids is 1. The Balaban J connectivity index is 1.94. The number of hydrogen-bond acceptors (Lipinski definition) is 6. The molecule has 8 heteroatoms. The van der Waals surface area contributed by atoms with Gasteiger partial charge in [0.15, 0.2) is 17.3 Å². The number of phenolic OH excluding ortho intramolecular Hbond substituents is 1. The van der Waals surface area contributed by atoms with Gasteiger partial charge in [0.2, 0.25) is 0 Å². The lowest BCUT2D eigenvalue weighted by Gasteiger charge is -2.29. The van der Waals surface area contributed by atoms with E-state index in [2.05, 4.69) is 0 Å². The van der Waals surface area contributed by atoms with Gasteiger partial charge in [-0.2, -0.15) is 0 Å². The van der Waals surface area contributed by atoms with Crippen LogP contribution in [0.1, 0.15) is 74.5 Å². The third-order valence-corrected chi connectivity index (χ3v) is 5.54. The third-order valence-electron chi connectivity index (χ3n) is 5.54. The van der Waals surface area contributed by atoms with Crippen molar-refractivity contribution in [1.29, 1.82) is 0 Å². The first-order chi connectivity index (χ1) is 16.0. The van der Waals surface area contributed by atoms with E-state index in [4.69, 9.17) is 14.6 Å². The highest BCUT2D eigenvalue weighted by atomic mass is 19.1. The molecule has 0 spiro atoms. The van der Waals surface area contributed by atoms with Crippen molar-refractivity contribution in [2.45, 2.75) is 59.5 Å². The Bertz CT molecular complexity index is 1020. The number of benzene rings is 2. The van der Waals surface area contributed by atoms with Crippen molar-refractivity contribution in [3.05, 3.63) is 52.8 Å². The van der Waals surface area contributed by atoms with E-state index in [1.165, 1.54) is 25.1 Å². The van der Waals surface area contributed by atoms with Crippen molar-refractivity contribution in [2.75, 3.05) is 13.2 Å². The average molecular weight is 477 g/mol. The molecule has 0 aliphatic carbocycles. The molecule has 1 unspecified atom stereocenters. The first-order valence-electron chi connectivity index (χ1n) is 11.3. The highest BCUT2D eigenvalue weighted by Crippen LogP contribution is 2.37. The lowest BCUT2D eigenvalue weighted by molar-refractivity contribution is -0.141. The van der Waals surface area contributed by atoms with Crippen LogP contribution in [0.4, 0.5) is 4.39 Å². The molecule has 0 bridgehead atoms. The van der Waals surface area contributed by atoms with E-state index in [1.54, 1.807) is 19.9 Å². The molecule has 2 aromatic rings. The average Bonchev–Trinajstić information content (AvgIpc) is 2.75. The predicted octanol–water partition coefficient (Wildman–Crippen LogP) is 5.07. The van der Waals surface area contributed by atoms with Crippen molar-refractivity contribution < 1.29 is 38.8 Å². The molecule has 0 amide bonds. The maximum Gasteiger partial charge on any atom is 0.303 e. The zero-order valence-electron chi connectivity index (χ0n) is 20.1. The molecule has 34 heavy (non-hydrogen) atoms. The Hall–Kier alpha value is -3.13. The Morgan fingerprint density at radius 2 is 1.71 bits per heavy atom. The number of aromatic hydroxyl groups is 1. The quantitative estimate of drug-likeness (QED) is 0.273. The molecule has 0 heterocycles. The molecule has 0 radical (unpaired) electrons. The van der Waals surface area contributed by atoms with Crippen LogP contribution in [-0.2, 0) is 11.2 Å². The van der Waals surface area contributed by atoms with E-state index in [0.29, 0.717) is 24.2 Å². The number of carbonyl (C=O) groups is 2. The zero-order valence-corrected chi connectivity index (χ0v) is 20.1. The van der Waals surface area contributed by atoms with E-state index in [-0.39, 0.29) is 48.0 Å². The van der Waals surface area contributed by atoms with Gasteiger partial charge in [-0.05, 0) is 43.2 Å². The number of carboxylic acids is 1. The van der Waals surface area contributed by atoms with Crippen LogP contribution in [0.15, 0.2) is 30.3 Å². The van der Waals surface area contributed by atoms with Gasteiger partial charge in [0.25, 0.3) is 0 Å². The number of carbonyl (C=O) groups excluding carboxylic acids is 1. The van der Waals surface area contributed by atoms with Crippen molar-refractivity contribution in [3.63, 3.8) is 0 Å². The molecule has 2 rings (SSSR count). The molecule has 1 atom stereocenters. The van der Waals surface area contributed by atoms with Gasteiger partial charge in [-0.15, -0.1) is 0 Å². The third kappa shape index (κ3) is 6.93. The van der Waals surface area contributed by atoms with E-state index in [9.17, 15) is 24.2 Å². The lowest BCUT2D eigenvalue weighted by Crippen LogP contribution is -2.25. The largest absolute Gasteiger partial charge is 0.507 e.